The van der Waals surface area contributed by atoms with Crippen molar-refractivity contribution in [2.24, 2.45) is 0 Å². The van der Waals surface area contributed by atoms with Gasteiger partial charge in [-0.15, -0.1) is 0 Å². The molecule has 0 aromatic rings. The highest BCUT2D eigenvalue weighted by Crippen LogP contribution is 2.04. The van der Waals surface area contributed by atoms with E-state index in [0.29, 0.717) is 6.04 Å². The molecule has 1 saturated heterocycles. The smallest absolute Gasteiger partial charge is 0.0619 e. The molecule has 1 unspecified atom stereocenters. The van der Waals surface area contributed by atoms with Crippen LogP contribution in [0.2, 0.25) is 0 Å². The first-order valence-corrected chi connectivity index (χ1v) is 4.15. The highest BCUT2D eigenvalue weighted by atomic mass is 16.5. The van der Waals surface area contributed by atoms with E-state index < -0.39 is 0 Å². The maximum Gasteiger partial charge on any atom is 0.0619 e. The maximum atomic E-state index is 5.31. The highest BCUT2D eigenvalue weighted by molar-refractivity contribution is 4.70. The monoisotopic (exact) mass is 159 g/mol. The first kappa shape index (κ1) is 8.97. The molecular weight excluding hydrogens is 142 g/mol. The van der Waals surface area contributed by atoms with E-state index in [-0.39, 0.29) is 0 Å². The van der Waals surface area contributed by atoms with Crippen LogP contribution in [0, 0.1) is 0 Å². The second kappa shape index (κ2) is 4.70. The lowest BCUT2D eigenvalue weighted by Gasteiger charge is -2.32. The summed E-state index contributed by atoms with van der Waals surface area (Å²) in [5.74, 6) is 0. The zero-order chi connectivity index (χ0) is 8.10. The summed E-state index contributed by atoms with van der Waals surface area (Å²) in [7, 11) is 1.74. The van der Waals surface area contributed by atoms with Crippen molar-refractivity contribution >= 4 is 0 Å². The van der Waals surface area contributed by atoms with Gasteiger partial charge in [0.15, 0.2) is 0 Å². The zero-order valence-electron chi connectivity index (χ0n) is 7.38. The molecule has 3 nitrogen and oxygen atoms in total. The number of morpholine rings is 1. The van der Waals surface area contributed by atoms with E-state index in [0.717, 1.165) is 32.9 Å². The minimum Gasteiger partial charge on any atom is -0.383 e. The van der Waals surface area contributed by atoms with Gasteiger partial charge >= 0.3 is 0 Å². The molecule has 0 spiro atoms. The standard InChI is InChI=1S/C8H17NO2/c1-8-7-11-6-4-9(8)3-5-10-2/h8H,3-7H2,1-2H3. The minimum atomic E-state index is 0.555. The molecule has 11 heavy (non-hydrogen) atoms. The molecule has 1 aliphatic heterocycles. The first-order chi connectivity index (χ1) is 5.34. The van der Waals surface area contributed by atoms with Gasteiger partial charge in [0.25, 0.3) is 0 Å². The van der Waals surface area contributed by atoms with Crippen molar-refractivity contribution < 1.29 is 9.47 Å². The molecule has 1 aliphatic rings. The molecule has 66 valence electrons. The van der Waals surface area contributed by atoms with Crippen LogP contribution in [0.1, 0.15) is 6.92 Å². The number of ether oxygens (including phenoxy) is 2. The fraction of sp³-hybridized carbons (Fsp3) is 1.00. The van der Waals surface area contributed by atoms with Gasteiger partial charge in [0.05, 0.1) is 19.8 Å². The van der Waals surface area contributed by atoms with Crippen LogP contribution >= 0.6 is 0 Å². The van der Waals surface area contributed by atoms with Crippen molar-refractivity contribution in [1.82, 2.24) is 4.90 Å². The van der Waals surface area contributed by atoms with Crippen molar-refractivity contribution in [3.05, 3.63) is 0 Å². The molecule has 0 bridgehead atoms. The second-order valence-corrected chi connectivity index (χ2v) is 2.95. The lowest BCUT2D eigenvalue weighted by Crippen LogP contribution is -2.44. The van der Waals surface area contributed by atoms with Crippen LogP contribution in [0.25, 0.3) is 0 Å². The Hall–Kier alpha value is -0.120. The van der Waals surface area contributed by atoms with E-state index in [1.807, 2.05) is 0 Å². The van der Waals surface area contributed by atoms with E-state index >= 15 is 0 Å². The molecule has 0 radical (unpaired) electrons. The van der Waals surface area contributed by atoms with E-state index in [1.165, 1.54) is 0 Å². The predicted molar refractivity (Wildman–Crippen MR) is 43.7 cm³/mol. The summed E-state index contributed by atoms with van der Waals surface area (Å²) >= 11 is 0. The Kier molecular flexibility index (Phi) is 3.83. The first-order valence-electron chi connectivity index (χ1n) is 4.15. The third-order valence-corrected chi connectivity index (χ3v) is 2.09. The van der Waals surface area contributed by atoms with Crippen LogP contribution < -0.4 is 0 Å². The van der Waals surface area contributed by atoms with Crippen LogP contribution in [-0.2, 0) is 9.47 Å². The summed E-state index contributed by atoms with van der Waals surface area (Å²) in [6.45, 7) is 6.82. The summed E-state index contributed by atoms with van der Waals surface area (Å²) in [4.78, 5) is 2.40. The Balaban J connectivity index is 2.18. The molecule has 1 fully saturated rings. The molecule has 0 aromatic carbocycles. The van der Waals surface area contributed by atoms with Gasteiger partial charge in [0.1, 0.15) is 0 Å². The van der Waals surface area contributed by atoms with Crippen LogP contribution in [0.3, 0.4) is 0 Å². The summed E-state index contributed by atoms with van der Waals surface area (Å²) in [5, 5.41) is 0. The normalized spacial score (nSPS) is 27.3. The van der Waals surface area contributed by atoms with Crippen molar-refractivity contribution in [2.75, 3.05) is 40.0 Å². The fourth-order valence-corrected chi connectivity index (χ4v) is 1.30. The van der Waals surface area contributed by atoms with Gasteiger partial charge in [-0.3, -0.25) is 4.90 Å². The molecule has 1 atom stereocenters. The van der Waals surface area contributed by atoms with Crippen LogP contribution in [0.15, 0.2) is 0 Å². The number of methoxy groups -OCH3 is 1. The summed E-state index contributed by atoms with van der Waals surface area (Å²) < 4.78 is 10.3. The van der Waals surface area contributed by atoms with Gasteiger partial charge in [0.2, 0.25) is 0 Å². The molecule has 3 heteroatoms. The third kappa shape index (κ3) is 2.77. The van der Waals surface area contributed by atoms with Crippen molar-refractivity contribution in [3.63, 3.8) is 0 Å². The topological polar surface area (TPSA) is 21.7 Å². The Morgan fingerprint density at radius 3 is 3.09 bits per heavy atom. The molecule has 0 aromatic heterocycles. The molecule has 0 amide bonds. The van der Waals surface area contributed by atoms with Gasteiger partial charge in [-0.2, -0.15) is 0 Å². The summed E-state index contributed by atoms with van der Waals surface area (Å²) in [6.07, 6.45) is 0. The number of hydrogen-bond acceptors (Lipinski definition) is 3. The number of nitrogens with zero attached hydrogens (tertiary/aromatic N) is 1. The minimum absolute atomic E-state index is 0.555. The lowest BCUT2D eigenvalue weighted by molar-refractivity contribution is -0.00978. The van der Waals surface area contributed by atoms with Crippen molar-refractivity contribution in [3.8, 4) is 0 Å². The second-order valence-electron chi connectivity index (χ2n) is 2.95. The molecule has 0 aliphatic carbocycles. The Bertz CT molecular complexity index is 108. The van der Waals surface area contributed by atoms with E-state index in [2.05, 4.69) is 11.8 Å². The fourth-order valence-electron chi connectivity index (χ4n) is 1.30. The molecule has 0 N–H and O–H groups in total. The Morgan fingerprint density at radius 1 is 1.64 bits per heavy atom. The van der Waals surface area contributed by atoms with Crippen LogP contribution in [-0.4, -0.2) is 51.0 Å². The van der Waals surface area contributed by atoms with Gasteiger partial charge in [0, 0.05) is 26.2 Å². The largest absolute Gasteiger partial charge is 0.383 e. The highest BCUT2D eigenvalue weighted by Gasteiger charge is 2.17. The Labute approximate surface area is 68.3 Å². The SMILES string of the molecule is COCCN1CCOCC1C. The number of rotatable bonds is 3. The van der Waals surface area contributed by atoms with Gasteiger partial charge in [-0.05, 0) is 6.92 Å². The predicted octanol–water partition coefficient (Wildman–Crippen LogP) is 0.354. The average molecular weight is 159 g/mol. The van der Waals surface area contributed by atoms with E-state index in [9.17, 15) is 0 Å². The van der Waals surface area contributed by atoms with Gasteiger partial charge in [-0.25, -0.2) is 0 Å². The summed E-state index contributed by atoms with van der Waals surface area (Å²) in [6, 6.07) is 0.555. The molecule has 1 rings (SSSR count). The summed E-state index contributed by atoms with van der Waals surface area (Å²) in [5.41, 5.74) is 0. The number of hydrogen-bond donors (Lipinski definition) is 0. The van der Waals surface area contributed by atoms with Crippen molar-refractivity contribution in [2.45, 2.75) is 13.0 Å². The van der Waals surface area contributed by atoms with E-state index in [4.69, 9.17) is 9.47 Å². The van der Waals surface area contributed by atoms with Gasteiger partial charge in [-0.1, -0.05) is 0 Å². The van der Waals surface area contributed by atoms with Crippen LogP contribution in [0.5, 0.6) is 0 Å². The molecule has 1 heterocycles. The van der Waals surface area contributed by atoms with E-state index in [1.54, 1.807) is 7.11 Å². The van der Waals surface area contributed by atoms with Crippen LogP contribution in [0.4, 0.5) is 0 Å². The Morgan fingerprint density at radius 2 is 2.45 bits per heavy atom. The molecule has 0 saturated carbocycles. The third-order valence-electron chi connectivity index (χ3n) is 2.09. The maximum absolute atomic E-state index is 5.31. The quantitative estimate of drug-likeness (QED) is 0.593. The zero-order valence-corrected chi connectivity index (χ0v) is 7.38. The van der Waals surface area contributed by atoms with Crippen molar-refractivity contribution in [1.29, 1.82) is 0 Å². The molecular formula is C8H17NO2. The lowest BCUT2D eigenvalue weighted by atomic mass is 10.2. The van der Waals surface area contributed by atoms with Gasteiger partial charge < -0.3 is 9.47 Å². The average Bonchev–Trinajstić information content (AvgIpc) is 2.03.